The monoisotopic (exact) mass is 426 g/mol. The molecule has 0 aliphatic heterocycles. The third-order valence-corrected chi connectivity index (χ3v) is 6.10. The van der Waals surface area contributed by atoms with E-state index in [0.29, 0.717) is 11.9 Å². The molecule has 29 heavy (non-hydrogen) atoms. The van der Waals surface area contributed by atoms with Crippen molar-refractivity contribution < 1.29 is 18.0 Å². The number of carbonyl (C=O) groups is 1. The molecule has 0 fully saturated rings. The molecule has 0 radical (unpaired) electrons. The number of alkyl halides is 3. The zero-order chi connectivity index (χ0) is 21.3. The SMILES string of the molecule is CCN(CC)C(=O)CCCCCCCSc1ccnc2cc(C(F)(F)F)ccc12. The van der Waals surface area contributed by atoms with Crippen molar-refractivity contribution in [3.8, 4) is 0 Å². The summed E-state index contributed by atoms with van der Waals surface area (Å²) in [7, 11) is 0. The van der Waals surface area contributed by atoms with E-state index < -0.39 is 11.7 Å². The van der Waals surface area contributed by atoms with Gasteiger partial charge < -0.3 is 4.90 Å². The lowest BCUT2D eigenvalue weighted by molar-refractivity contribution is -0.137. The van der Waals surface area contributed by atoms with Crippen LogP contribution in [-0.2, 0) is 11.0 Å². The van der Waals surface area contributed by atoms with Gasteiger partial charge in [0.2, 0.25) is 5.91 Å². The van der Waals surface area contributed by atoms with Gasteiger partial charge in [-0.3, -0.25) is 9.78 Å². The van der Waals surface area contributed by atoms with Crippen molar-refractivity contribution in [2.24, 2.45) is 0 Å². The Bertz CT molecular complexity index is 791. The van der Waals surface area contributed by atoms with Crippen LogP contribution < -0.4 is 0 Å². The fourth-order valence-corrected chi connectivity index (χ4v) is 4.30. The van der Waals surface area contributed by atoms with E-state index in [2.05, 4.69) is 4.98 Å². The number of benzene rings is 1. The highest BCUT2D eigenvalue weighted by molar-refractivity contribution is 7.99. The first-order valence-electron chi connectivity index (χ1n) is 10.2. The molecule has 1 heterocycles. The van der Waals surface area contributed by atoms with Gasteiger partial charge in [-0.1, -0.05) is 25.3 Å². The van der Waals surface area contributed by atoms with Gasteiger partial charge >= 0.3 is 6.18 Å². The van der Waals surface area contributed by atoms with E-state index in [1.165, 1.54) is 6.07 Å². The molecule has 1 aromatic heterocycles. The van der Waals surface area contributed by atoms with Crippen molar-refractivity contribution in [2.45, 2.75) is 63.4 Å². The lowest BCUT2D eigenvalue weighted by Gasteiger charge is -2.18. The van der Waals surface area contributed by atoms with Crippen LogP contribution in [0.25, 0.3) is 10.9 Å². The molecule has 0 N–H and O–H groups in total. The number of fused-ring (bicyclic) bond motifs is 1. The molecule has 160 valence electrons. The third kappa shape index (κ3) is 7.21. The van der Waals surface area contributed by atoms with Gasteiger partial charge in [0, 0.05) is 36.0 Å². The number of rotatable bonds is 11. The summed E-state index contributed by atoms with van der Waals surface area (Å²) in [6, 6.07) is 5.60. The smallest absolute Gasteiger partial charge is 0.343 e. The maximum atomic E-state index is 12.9. The Morgan fingerprint density at radius 1 is 1.03 bits per heavy atom. The molecule has 0 atom stereocenters. The van der Waals surface area contributed by atoms with E-state index in [9.17, 15) is 18.0 Å². The summed E-state index contributed by atoms with van der Waals surface area (Å²) in [4.78, 5) is 18.9. The molecule has 7 heteroatoms. The summed E-state index contributed by atoms with van der Waals surface area (Å²) in [6.45, 7) is 5.54. The number of nitrogens with zero attached hydrogens (tertiary/aromatic N) is 2. The van der Waals surface area contributed by atoms with Gasteiger partial charge in [0.15, 0.2) is 0 Å². The highest BCUT2D eigenvalue weighted by atomic mass is 32.2. The van der Waals surface area contributed by atoms with E-state index in [0.717, 1.165) is 73.4 Å². The maximum Gasteiger partial charge on any atom is 0.416 e. The quantitative estimate of drug-likeness (QED) is 0.302. The van der Waals surface area contributed by atoms with Crippen molar-refractivity contribution in [3.05, 3.63) is 36.0 Å². The summed E-state index contributed by atoms with van der Waals surface area (Å²) in [5.74, 6) is 1.15. The summed E-state index contributed by atoms with van der Waals surface area (Å²) in [6.07, 6.45) is 3.05. The number of thioether (sulfide) groups is 1. The van der Waals surface area contributed by atoms with E-state index in [4.69, 9.17) is 0 Å². The Morgan fingerprint density at radius 2 is 1.72 bits per heavy atom. The van der Waals surface area contributed by atoms with Gasteiger partial charge in [-0.2, -0.15) is 13.2 Å². The molecule has 3 nitrogen and oxygen atoms in total. The van der Waals surface area contributed by atoms with Gasteiger partial charge in [-0.05, 0) is 50.6 Å². The second-order valence-electron chi connectivity index (χ2n) is 6.97. The Balaban J connectivity index is 1.72. The third-order valence-electron chi connectivity index (χ3n) is 4.94. The molecule has 0 bridgehead atoms. The number of aromatic nitrogens is 1. The summed E-state index contributed by atoms with van der Waals surface area (Å²) < 4.78 is 38.6. The van der Waals surface area contributed by atoms with Crippen molar-refractivity contribution in [1.29, 1.82) is 0 Å². The summed E-state index contributed by atoms with van der Waals surface area (Å²) >= 11 is 1.66. The first-order valence-corrected chi connectivity index (χ1v) is 11.2. The molecule has 1 aromatic carbocycles. The maximum absolute atomic E-state index is 12.9. The van der Waals surface area contributed by atoms with Crippen LogP contribution in [0.2, 0.25) is 0 Å². The number of hydrogen-bond donors (Lipinski definition) is 0. The molecule has 0 aliphatic carbocycles. The Kier molecular flexibility index (Phi) is 9.27. The number of hydrogen-bond acceptors (Lipinski definition) is 3. The number of unbranched alkanes of at least 4 members (excludes halogenated alkanes) is 4. The van der Waals surface area contributed by atoms with Crippen LogP contribution in [0.1, 0.15) is 57.9 Å². The largest absolute Gasteiger partial charge is 0.416 e. The second-order valence-corrected chi connectivity index (χ2v) is 8.11. The molecule has 0 spiro atoms. The highest BCUT2D eigenvalue weighted by Gasteiger charge is 2.30. The molecule has 2 aromatic rings. The van der Waals surface area contributed by atoms with Crippen molar-refractivity contribution in [2.75, 3.05) is 18.8 Å². The van der Waals surface area contributed by atoms with Crippen LogP contribution in [0, 0.1) is 0 Å². The zero-order valence-corrected chi connectivity index (χ0v) is 17.9. The predicted octanol–water partition coefficient (Wildman–Crippen LogP) is 6.55. The number of pyridine rings is 1. The minimum absolute atomic E-state index is 0.240. The molecule has 2 rings (SSSR count). The molecule has 0 saturated heterocycles. The van der Waals surface area contributed by atoms with E-state index in [-0.39, 0.29) is 5.91 Å². The normalized spacial score (nSPS) is 11.8. The van der Waals surface area contributed by atoms with Gasteiger partial charge in [-0.25, -0.2) is 0 Å². The van der Waals surface area contributed by atoms with Crippen LogP contribution in [0.3, 0.4) is 0 Å². The summed E-state index contributed by atoms with van der Waals surface area (Å²) in [5.41, 5.74) is -0.290. The highest BCUT2D eigenvalue weighted by Crippen LogP contribution is 2.33. The lowest BCUT2D eigenvalue weighted by Crippen LogP contribution is -2.30. The van der Waals surface area contributed by atoms with Crippen LogP contribution in [-0.4, -0.2) is 34.6 Å². The molecular weight excluding hydrogens is 397 g/mol. The van der Waals surface area contributed by atoms with E-state index >= 15 is 0 Å². The minimum Gasteiger partial charge on any atom is -0.343 e. The van der Waals surface area contributed by atoms with Crippen molar-refractivity contribution in [1.82, 2.24) is 9.88 Å². The average molecular weight is 427 g/mol. The van der Waals surface area contributed by atoms with Gasteiger partial charge in [0.05, 0.1) is 11.1 Å². The fourth-order valence-electron chi connectivity index (χ4n) is 3.25. The number of carbonyl (C=O) groups excluding carboxylic acids is 1. The predicted molar refractivity (Wildman–Crippen MR) is 113 cm³/mol. The minimum atomic E-state index is -4.35. The van der Waals surface area contributed by atoms with Crippen molar-refractivity contribution >= 4 is 28.6 Å². The van der Waals surface area contributed by atoms with E-state index in [1.807, 2.05) is 24.8 Å². The second kappa shape index (κ2) is 11.4. The first kappa shape index (κ1) is 23.5. The van der Waals surface area contributed by atoms with Crippen LogP contribution in [0.15, 0.2) is 35.4 Å². The molecule has 0 aliphatic rings. The van der Waals surface area contributed by atoms with Gasteiger partial charge in [-0.15, -0.1) is 11.8 Å². The van der Waals surface area contributed by atoms with Gasteiger partial charge in [0.25, 0.3) is 0 Å². The number of amides is 1. The zero-order valence-electron chi connectivity index (χ0n) is 17.1. The van der Waals surface area contributed by atoms with Crippen LogP contribution in [0.5, 0.6) is 0 Å². The van der Waals surface area contributed by atoms with Crippen molar-refractivity contribution in [3.63, 3.8) is 0 Å². The van der Waals surface area contributed by atoms with Gasteiger partial charge in [0.1, 0.15) is 0 Å². The fraction of sp³-hybridized carbons (Fsp3) is 0.545. The van der Waals surface area contributed by atoms with Crippen LogP contribution in [0.4, 0.5) is 13.2 Å². The molecule has 0 unspecified atom stereocenters. The Labute approximate surface area is 175 Å². The lowest BCUT2D eigenvalue weighted by atomic mass is 10.1. The van der Waals surface area contributed by atoms with Crippen LogP contribution >= 0.6 is 11.8 Å². The molecular formula is C22H29F3N2OS. The summed E-state index contributed by atoms with van der Waals surface area (Å²) in [5, 5.41) is 0.764. The molecule has 1 amide bonds. The average Bonchev–Trinajstić information content (AvgIpc) is 2.69. The Morgan fingerprint density at radius 3 is 2.41 bits per heavy atom. The number of halogens is 3. The molecule has 0 saturated carbocycles. The Hall–Kier alpha value is -1.76. The topological polar surface area (TPSA) is 33.2 Å². The first-order chi connectivity index (χ1) is 13.9. The van der Waals surface area contributed by atoms with E-state index in [1.54, 1.807) is 18.0 Å². The standard InChI is InChI=1S/C22H29F3N2OS/c1-3-27(4-2)21(28)10-8-6-5-7-9-15-29-20-13-14-26-19-16-17(22(23,24)25)11-12-18(19)20/h11-14,16H,3-10,15H2,1-2H3.